The molecular weight excluding hydrogens is 295 g/mol. The number of ether oxygens (including phenoxy) is 1. The summed E-state index contributed by atoms with van der Waals surface area (Å²) >= 11 is 9.08. The Morgan fingerprint density at radius 3 is 3.06 bits per heavy atom. The minimum Gasteiger partial charge on any atom is -0.462 e. The molecule has 0 fully saturated rings. The van der Waals surface area contributed by atoms with Crippen LogP contribution in [0.3, 0.4) is 0 Å². The Kier molecular flexibility index (Phi) is 5.28. The molecule has 0 aliphatic rings. The van der Waals surface area contributed by atoms with Crippen LogP contribution in [-0.2, 0) is 9.53 Å². The predicted octanol–water partition coefficient (Wildman–Crippen LogP) is 3.06. The molecular formula is C10H10BrClN2O2. The quantitative estimate of drug-likeness (QED) is 0.528. The summed E-state index contributed by atoms with van der Waals surface area (Å²) in [5, 5.41) is 4.35. The van der Waals surface area contributed by atoms with Crippen LogP contribution in [0.25, 0.3) is 0 Å². The molecule has 1 N–H and O–H groups in total. The summed E-state index contributed by atoms with van der Waals surface area (Å²) in [4.78, 5) is 10.9. The normalized spacial score (nSPS) is 10.4. The van der Waals surface area contributed by atoms with Gasteiger partial charge in [-0.1, -0.05) is 11.6 Å². The molecule has 0 heterocycles. The second-order valence-electron chi connectivity index (χ2n) is 2.75. The topological polar surface area (TPSA) is 50.7 Å². The first kappa shape index (κ1) is 13.0. The van der Waals surface area contributed by atoms with Gasteiger partial charge in [0.15, 0.2) is 0 Å². The first-order valence-electron chi connectivity index (χ1n) is 4.54. The number of carbonyl (C=O) groups excluding carboxylic acids is 1. The lowest BCUT2D eigenvalue weighted by atomic mass is 10.3. The number of rotatable bonds is 4. The Hall–Kier alpha value is -1.07. The molecule has 0 aromatic heterocycles. The van der Waals surface area contributed by atoms with E-state index in [1.165, 1.54) is 0 Å². The van der Waals surface area contributed by atoms with E-state index in [0.29, 0.717) is 17.3 Å². The molecule has 0 aliphatic carbocycles. The summed E-state index contributed by atoms with van der Waals surface area (Å²) in [6.45, 7) is 2.06. The molecule has 0 unspecified atom stereocenters. The number of benzene rings is 1. The SMILES string of the molecule is CCOC(=O)/C=N/Nc1ccc(Cl)cc1Br. The third-order valence-electron chi connectivity index (χ3n) is 1.57. The first-order chi connectivity index (χ1) is 7.63. The number of hydrogen-bond donors (Lipinski definition) is 1. The number of hydrogen-bond acceptors (Lipinski definition) is 4. The molecule has 0 radical (unpaired) electrons. The average molecular weight is 306 g/mol. The zero-order chi connectivity index (χ0) is 12.0. The molecule has 0 spiro atoms. The Morgan fingerprint density at radius 1 is 1.69 bits per heavy atom. The van der Waals surface area contributed by atoms with Gasteiger partial charge in [-0.2, -0.15) is 5.10 Å². The van der Waals surface area contributed by atoms with Crippen molar-refractivity contribution >= 4 is 45.4 Å². The summed E-state index contributed by atoms with van der Waals surface area (Å²) in [5.74, 6) is -0.486. The third kappa shape index (κ3) is 4.20. The average Bonchev–Trinajstić information content (AvgIpc) is 2.22. The molecule has 86 valence electrons. The second-order valence-corrected chi connectivity index (χ2v) is 4.04. The van der Waals surface area contributed by atoms with Crippen molar-refractivity contribution in [1.29, 1.82) is 0 Å². The molecule has 16 heavy (non-hydrogen) atoms. The van der Waals surface area contributed by atoms with Gasteiger partial charge in [0, 0.05) is 9.50 Å². The van der Waals surface area contributed by atoms with Gasteiger partial charge in [-0.15, -0.1) is 0 Å². The van der Waals surface area contributed by atoms with E-state index in [1.54, 1.807) is 25.1 Å². The molecule has 0 amide bonds. The van der Waals surface area contributed by atoms with Gasteiger partial charge in [0.05, 0.1) is 12.3 Å². The van der Waals surface area contributed by atoms with Crippen molar-refractivity contribution in [1.82, 2.24) is 0 Å². The monoisotopic (exact) mass is 304 g/mol. The molecule has 0 atom stereocenters. The van der Waals surface area contributed by atoms with E-state index in [0.717, 1.165) is 10.7 Å². The fourth-order valence-electron chi connectivity index (χ4n) is 0.914. The highest BCUT2D eigenvalue weighted by Crippen LogP contribution is 2.25. The molecule has 0 saturated carbocycles. The molecule has 1 aromatic carbocycles. The standard InChI is InChI=1S/C10H10BrClN2O2/c1-2-16-10(15)6-13-14-9-4-3-7(12)5-8(9)11/h3-6,14H,2H2,1H3/b13-6+. The Morgan fingerprint density at radius 2 is 2.44 bits per heavy atom. The molecule has 4 nitrogen and oxygen atoms in total. The van der Waals surface area contributed by atoms with Crippen molar-refractivity contribution in [2.45, 2.75) is 6.92 Å². The minimum absolute atomic E-state index is 0.329. The fourth-order valence-corrected chi connectivity index (χ4v) is 1.69. The second kappa shape index (κ2) is 6.50. The van der Waals surface area contributed by atoms with Crippen molar-refractivity contribution in [3.05, 3.63) is 27.7 Å². The van der Waals surface area contributed by atoms with Crippen LogP contribution < -0.4 is 5.43 Å². The van der Waals surface area contributed by atoms with E-state index >= 15 is 0 Å². The van der Waals surface area contributed by atoms with E-state index in [4.69, 9.17) is 11.6 Å². The highest BCUT2D eigenvalue weighted by atomic mass is 79.9. The fraction of sp³-hybridized carbons (Fsp3) is 0.200. The number of nitrogens with zero attached hydrogens (tertiary/aromatic N) is 1. The highest BCUT2D eigenvalue weighted by Gasteiger charge is 1.99. The van der Waals surface area contributed by atoms with E-state index in [9.17, 15) is 4.79 Å². The number of halogens is 2. The van der Waals surface area contributed by atoms with Gasteiger partial charge in [0.2, 0.25) is 0 Å². The molecule has 0 bridgehead atoms. The Labute approximate surface area is 107 Å². The third-order valence-corrected chi connectivity index (χ3v) is 2.46. The lowest BCUT2D eigenvalue weighted by molar-refractivity contribution is -0.134. The number of hydrazone groups is 1. The van der Waals surface area contributed by atoms with Crippen LogP contribution in [-0.4, -0.2) is 18.8 Å². The zero-order valence-corrected chi connectivity index (χ0v) is 10.9. The van der Waals surface area contributed by atoms with Gasteiger partial charge >= 0.3 is 5.97 Å². The maximum Gasteiger partial charge on any atom is 0.351 e. The summed E-state index contributed by atoms with van der Waals surface area (Å²) in [6, 6.07) is 5.19. The van der Waals surface area contributed by atoms with Crippen LogP contribution in [0.4, 0.5) is 5.69 Å². The molecule has 6 heteroatoms. The van der Waals surface area contributed by atoms with Crippen LogP contribution >= 0.6 is 27.5 Å². The number of esters is 1. The Bertz CT molecular complexity index is 410. The maximum absolute atomic E-state index is 10.9. The van der Waals surface area contributed by atoms with E-state index in [1.807, 2.05) is 0 Å². The van der Waals surface area contributed by atoms with Gasteiger partial charge in [0.25, 0.3) is 0 Å². The van der Waals surface area contributed by atoms with Crippen LogP contribution in [0.15, 0.2) is 27.8 Å². The number of carbonyl (C=O) groups is 1. The van der Waals surface area contributed by atoms with Gasteiger partial charge in [-0.25, -0.2) is 4.79 Å². The van der Waals surface area contributed by atoms with Crippen LogP contribution in [0.1, 0.15) is 6.92 Å². The van der Waals surface area contributed by atoms with Gasteiger partial charge in [-0.05, 0) is 41.1 Å². The summed E-state index contributed by atoms with van der Waals surface area (Å²) in [6.07, 6.45) is 1.07. The zero-order valence-electron chi connectivity index (χ0n) is 8.54. The van der Waals surface area contributed by atoms with E-state index < -0.39 is 5.97 Å². The molecule has 0 saturated heterocycles. The van der Waals surface area contributed by atoms with Crippen molar-refractivity contribution in [2.24, 2.45) is 5.10 Å². The van der Waals surface area contributed by atoms with Crippen LogP contribution in [0.5, 0.6) is 0 Å². The maximum atomic E-state index is 10.9. The highest BCUT2D eigenvalue weighted by molar-refractivity contribution is 9.10. The van der Waals surface area contributed by atoms with Crippen molar-refractivity contribution in [3.63, 3.8) is 0 Å². The smallest absolute Gasteiger partial charge is 0.351 e. The van der Waals surface area contributed by atoms with E-state index in [-0.39, 0.29) is 0 Å². The van der Waals surface area contributed by atoms with Crippen molar-refractivity contribution < 1.29 is 9.53 Å². The molecule has 0 aliphatic heterocycles. The van der Waals surface area contributed by atoms with Crippen molar-refractivity contribution in [3.8, 4) is 0 Å². The van der Waals surface area contributed by atoms with Crippen LogP contribution in [0.2, 0.25) is 5.02 Å². The van der Waals surface area contributed by atoms with E-state index in [2.05, 4.69) is 31.2 Å². The largest absolute Gasteiger partial charge is 0.462 e. The van der Waals surface area contributed by atoms with Crippen LogP contribution in [0, 0.1) is 0 Å². The summed E-state index contributed by atoms with van der Waals surface area (Å²) in [5.41, 5.74) is 3.41. The predicted molar refractivity (Wildman–Crippen MR) is 67.9 cm³/mol. The summed E-state index contributed by atoms with van der Waals surface area (Å²) < 4.78 is 5.43. The minimum atomic E-state index is -0.486. The molecule has 1 aromatic rings. The lowest BCUT2D eigenvalue weighted by Crippen LogP contribution is -2.06. The van der Waals surface area contributed by atoms with Gasteiger partial charge < -0.3 is 4.74 Å². The number of anilines is 1. The first-order valence-corrected chi connectivity index (χ1v) is 5.71. The van der Waals surface area contributed by atoms with Gasteiger partial charge in [0.1, 0.15) is 6.21 Å². The lowest BCUT2D eigenvalue weighted by Gasteiger charge is -2.03. The van der Waals surface area contributed by atoms with Gasteiger partial charge in [-0.3, -0.25) is 5.43 Å². The molecule has 1 rings (SSSR count). The Balaban J connectivity index is 2.57. The van der Waals surface area contributed by atoms with Crippen molar-refractivity contribution in [2.75, 3.05) is 12.0 Å². The number of nitrogens with one attached hydrogen (secondary N) is 1. The summed E-state index contributed by atoms with van der Waals surface area (Å²) in [7, 11) is 0.